The smallest absolute Gasteiger partial charge is 0.0932 e. The second-order valence-electron chi connectivity index (χ2n) is 4.47. The fraction of sp³-hybridized carbons (Fsp3) is 0.375. The van der Waals surface area contributed by atoms with E-state index in [1.54, 1.807) is 0 Å². The van der Waals surface area contributed by atoms with Crippen LogP contribution in [-0.4, -0.2) is 13.2 Å². The molecule has 98 valence electrons. The lowest BCUT2D eigenvalue weighted by atomic mass is 10.1. The maximum atomic E-state index is 5.66. The van der Waals surface area contributed by atoms with E-state index in [-0.39, 0.29) is 0 Å². The molecule has 0 radical (unpaired) electrons. The SMILES string of the molecule is C=COC[C@H](C)/C=C(\C)COCc1ccccc1. The van der Waals surface area contributed by atoms with Gasteiger partial charge in [0.05, 0.1) is 26.1 Å². The minimum atomic E-state index is 0.378. The third kappa shape index (κ3) is 6.26. The molecule has 0 amide bonds. The van der Waals surface area contributed by atoms with Gasteiger partial charge in [-0.05, 0) is 12.5 Å². The molecule has 18 heavy (non-hydrogen) atoms. The second kappa shape index (κ2) is 8.54. The van der Waals surface area contributed by atoms with E-state index in [0.717, 1.165) is 0 Å². The van der Waals surface area contributed by atoms with Crippen LogP contribution in [0.1, 0.15) is 19.4 Å². The molecule has 0 N–H and O–H groups in total. The van der Waals surface area contributed by atoms with Crippen molar-refractivity contribution in [2.24, 2.45) is 5.92 Å². The van der Waals surface area contributed by atoms with E-state index in [1.165, 1.54) is 17.4 Å². The highest BCUT2D eigenvalue weighted by Crippen LogP contribution is 2.06. The van der Waals surface area contributed by atoms with E-state index >= 15 is 0 Å². The molecule has 0 aliphatic carbocycles. The predicted molar refractivity (Wildman–Crippen MR) is 75.2 cm³/mol. The summed E-state index contributed by atoms with van der Waals surface area (Å²) in [7, 11) is 0. The van der Waals surface area contributed by atoms with Gasteiger partial charge in [-0.25, -0.2) is 0 Å². The van der Waals surface area contributed by atoms with E-state index in [4.69, 9.17) is 9.47 Å². The highest BCUT2D eigenvalue weighted by molar-refractivity contribution is 5.13. The van der Waals surface area contributed by atoms with Crippen molar-refractivity contribution >= 4 is 0 Å². The monoisotopic (exact) mass is 246 g/mol. The number of hydrogen-bond donors (Lipinski definition) is 0. The highest BCUT2D eigenvalue weighted by Gasteiger charge is 1.99. The standard InChI is InChI=1S/C16H22O2/c1-4-17-11-14(2)10-15(3)12-18-13-16-8-6-5-7-9-16/h4-10,14H,1,11-13H2,2-3H3/b15-10+/t14-/m1/s1. The first-order chi connectivity index (χ1) is 8.72. The van der Waals surface area contributed by atoms with Crippen LogP contribution in [0.15, 0.2) is 54.8 Å². The molecular weight excluding hydrogens is 224 g/mol. The molecule has 0 unspecified atom stereocenters. The Morgan fingerprint density at radius 2 is 2.06 bits per heavy atom. The fourth-order valence-corrected chi connectivity index (χ4v) is 1.71. The van der Waals surface area contributed by atoms with Crippen molar-refractivity contribution in [3.8, 4) is 0 Å². The van der Waals surface area contributed by atoms with Gasteiger partial charge in [0.2, 0.25) is 0 Å². The first-order valence-corrected chi connectivity index (χ1v) is 6.24. The lowest BCUT2D eigenvalue weighted by Gasteiger charge is -2.09. The van der Waals surface area contributed by atoms with Crippen molar-refractivity contribution < 1.29 is 9.47 Å². The van der Waals surface area contributed by atoms with Crippen molar-refractivity contribution in [1.29, 1.82) is 0 Å². The topological polar surface area (TPSA) is 18.5 Å². The van der Waals surface area contributed by atoms with Gasteiger partial charge >= 0.3 is 0 Å². The first-order valence-electron chi connectivity index (χ1n) is 6.24. The summed E-state index contributed by atoms with van der Waals surface area (Å²) in [4.78, 5) is 0. The zero-order valence-electron chi connectivity index (χ0n) is 11.3. The molecule has 2 heteroatoms. The summed E-state index contributed by atoms with van der Waals surface area (Å²) in [5.74, 6) is 0.378. The van der Waals surface area contributed by atoms with Gasteiger partial charge in [0.1, 0.15) is 0 Å². The maximum Gasteiger partial charge on any atom is 0.0932 e. The van der Waals surface area contributed by atoms with Gasteiger partial charge in [-0.3, -0.25) is 0 Å². The summed E-state index contributed by atoms with van der Waals surface area (Å²) in [5, 5.41) is 0. The summed E-state index contributed by atoms with van der Waals surface area (Å²) >= 11 is 0. The molecule has 1 aromatic rings. The highest BCUT2D eigenvalue weighted by atomic mass is 16.5. The van der Waals surface area contributed by atoms with Gasteiger partial charge in [-0.1, -0.05) is 55.5 Å². The van der Waals surface area contributed by atoms with Gasteiger partial charge in [0, 0.05) is 5.92 Å². The van der Waals surface area contributed by atoms with Crippen LogP contribution in [0.4, 0.5) is 0 Å². The van der Waals surface area contributed by atoms with Gasteiger partial charge < -0.3 is 9.47 Å². The number of hydrogen-bond acceptors (Lipinski definition) is 2. The molecule has 0 spiro atoms. The molecule has 0 fully saturated rings. The molecule has 1 aromatic carbocycles. The Balaban J connectivity index is 2.26. The molecule has 2 nitrogen and oxygen atoms in total. The minimum absolute atomic E-state index is 0.378. The van der Waals surface area contributed by atoms with Gasteiger partial charge in [0.15, 0.2) is 0 Å². The van der Waals surface area contributed by atoms with Crippen LogP contribution in [0.25, 0.3) is 0 Å². The van der Waals surface area contributed by atoms with Crippen LogP contribution >= 0.6 is 0 Å². The van der Waals surface area contributed by atoms with Crippen LogP contribution in [0.2, 0.25) is 0 Å². The second-order valence-corrected chi connectivity index (χ2v) is 4.47. The van der Waals surface area contributed by atoms with Crippen LogP contribution in [0.5, 0.6) is 0 Å². The first kappa shape index (κ1) is 14.5. The van der Waals surface area contributed by atoms with Crippen LogP contribution < -0.4 is 0 Å². The average molecular weight is 246 g/mol. The average Bonchev–Trinajstić information content (AvgIpc) is 2.37. The van der Waals surface area contributed by atoms with Gasteiger partial charge in [-0.15, -0.1) is 0 Å². The Labute approximate surface area is 110 Å². The summed E-state index contributed by atoms with van der Waals surface area (Å²) in [6, 6.07) is 10.2. The molecule has 0 aliphatic heterocycles. The zero-order valence-corrected chi connectivity index (χ0v) is 11.3. The van der Waals surface area contributed by atoms with Crippen molar-refractivity contribution in [2.45, 2.75) is 20.5 Å². The molecule has 1 rings (SSSR count). The Bertz CT molecular complexity index is 368. The molecular formula is C16H22O2. The van der Waals surface area contributed by atoms with Crippen molar-refractivity contribution in [2.75, 3.05) is 13.2 Å². The lowest BCUT2D eigenvalue weighted by molar-refractivity contribution is 0.141. The Hall–Kier alpha value is -1.54. The summed E-state index contributed by atoms with van der Waals surface area (Å²) < 4.78 is 10.8. The maximum absolute atomic E-state index is 5.66. The quantitative estimate of drug-likeness (QED) is 0.511. The van der Waals surface area contributed by atoms with Crippen molar-refractivity contribution in [1.82, 2.24) is 0 Å². The summed E-state index contributed by atoms with van der Waals surface area (Å²) in [6.07, 6.45) is 3.65. The Morgan fingerprint density at radius 1 is 1.33 bits per heavy atom. The van der Waals surface area contributed by atoms with Crippen molar-refractivity contribution in [3.05, 3.63) is 60.4 Å². The van der Waals surface area contributed by atoms with E-state index in [9.17, 15) is 0 Å². The lowest BCUT2D eigenvalue weighted by Crippen LogP contribution is -2.03. The largest absolute Gasteiger partial charge is 0.501 e. The van der Waals surface area contributed by atoms with Crippen LogP contribution in [0.3, 0.4) is 0 Å². The number of ether oxygens (including phenoxy) is 2. The normalized spacial score (nSPS) is 13.1. The number of benzene rings is 1. The van der Waals surface area contributed by atoms with Crippen molar-refractivity contribution in [3.63, 3.8) is 0 Å². The molecule has 1 atom stereocenters. The Kier molecular flexibility index (Phi) is 6.89. The summed E-state index contributed by atoms with van der Waals surface area (Å²) in [5.41, 5.74) is 2.43. The molecule has 0 aromatic heterocycles. The predicted octanol–water partition coefficient (Wildman–Crippen LogP) is 3.95. The van der Waals surface area contributed by atoms with E-state index < -0.39 is 0 Å². The third-order valence-corrected chi connectivity index (χ3v) is 2.49. The molecule has 0 saturated heterocycles. The molecule has 0 bridgehead atoms. The van der Waals surface area contributed by atoms with Gasteiger partial charge in [0.25, 0.3) is 0 Å². The molecule has 0 saturated carbocycles. The summed E-state index contributed by atoms with van der Waals surface area (Å²) in [6.45, 7) is 9.70. The molecule has 0 heterocycles. The fourth-order valence-electron chi connectivity index (χ4n) is 1.71. The van der Waals surface area contributed by atoms with Crippen LogP contribution in [0, 0.1) is 5.92 Å². The Morgan fingerprint density at radius 3 is 2.72 bits per heavy atom. The van der Waals surface area contributed by atoms with E-state index in [2.05, 4.69) is 38.6 Å². The van der Waals surface area contributed by atoms with Crippen LogP contribution in [-0.2, 0) is 16.1 Å². The third-order valence-electron chi connectivity index (χ3n) is 2.49. The van der Waals surface area contributed by atoms with E-state index in [1.807, 2.05) is 18.2 Å². The van der Waals surface area contributed by atoms with Gasteiger partial charge in [-0.2, -0.15) is 0 Å². The van der Waals surface area contributed by atoms with E-state index in [0.29, 0.717) is 25.7 Å². The number of rotatable bonds is 8. The molecule has 0 aliphatic rings. The minimum Gasteiger partial charge on any atom is -0.501 e. The zero-order chi connectivity index (χ0) is 13.2.